The molecule has 106 valence electrons. The lowest BCUT2D eigenvalue weighted by molar-refractivity contribution is 0.0702. The topological polar surface area (TPSA) is 76.5 Å². The van der Waals surface area contributed by atoms with E-state index in [1.807, 2.05) is 11.9 Å². The predicted octanol–water partition coefficient (Wildman–Crippen LogP) is 0.929. The highest BCUT2D eigenvalue weighted by Crippen LogP contribution is 2.29. The minimum atomic E-state index is -0.00153. The van der Waals surface area contributed by atoms with Gasteiger partial charge in [-0.1, -0.05) is 6.42 Å². The van der Waals surface area contributed by atoms with Crippen molar-refractivity contribution < 1.29 is 4.79 Å². The molecule has 0 saturated heterocycles. The van der Waals surface area contributed by atoms with Gasteiger partial charge in [-0.25, -0.2) is 4.52 Å². The van der Waals surface area contributed by atoms with Crippen molar-refractivity contribution in [1.29, 1.82) is 0 Å². The van der Waals surface area contributed by atoms with E-state index in [2.05, 4.69) is 10.1 Å². The summed E-state index contributed by atoms with van der Waals surface area (Å²) in [7, 11) is 1.86. The van der Waals surface area contributed by atoms with Crippen molar-refractivity contribution >= 4 is 11.4 Å². The molecule has 0 aliphatic heterocycles. The van der Waals surface area contributed by atoms with Crippen LogP contribution in [0, 0.1) is 5.92 Å². The lowest BCUT2D eigenvalue weighted by Gasteiger charge is -2.29. The lowest BCUT2D eigenvalue weighted by atomic mass is 10.0. The third-order valence-electron chi connectivity index (χ3n) is 4.29. The molecule has 1 amide bonds. The molecular formula is C14H19N5O. The number of carbonyl (C=O) groups is 1. The van der Waals surface area contributed by atoms with Gasteiger partial charge in [0.05, 0.1) is 23.5 Å². The summed E-state index contributed by atoms with van der Waals surface area (Å²) in [6.07, 6.45) is 9.95. The molecule has 1 aliphatic rings. The Kier molecular flexibility index (Phi) is 3.40. The highest BCUT2D eigenvalue weighted by molar-refractivity contribution is 6.00. The Morgan fingerprint density at radius 1 is 1.50 bits per heavy atom. The summed E-state index contributed by atoms with van der Waals surface area (Å²) >= 11 is 0. The van der Waals surface area contributed by atoms with Crippen LogP contribution in [-0.2, 0) is 0 Å². The van der Waals surface area contributed by atoms with Crippen molar-refractivity contribution in [2.75, 3.05) is 13.6 Å². The third-order valence-corrected chi connectivity index (χ3v) is 4.29. The van der Waals surface area contributed by atoms with Gasteiger partial charge < -0.3 is 10.6 Å². The normalized spacial score (nSPS) is 22.3. The van der Waals surface area contributed by atoms with Gasteiger partial charge in [0.1, 0.15) is 0 Å². The van der Waals surface area contributed by atoms with Crippen LogP contribution in [0.4, 0.5) is 0 Å². The number of rotatable bonds is 3. The second kappa shape index (κ2) is 5.20. The summed E-state index contributed by atoms with van der Waals surface area (Å²) in [5, 5.41) is 4.19. The number of nitrogens with zero attached hydrogens (tertiary/aromatic N) is 4. The highest BCUT2D eigenvalue weighted by atomic mass is 16.2. The number of carbonyl (C=O) groups excluding carboxylic acids is 1. The standard InChI is InChI=1S/C14H19N5O/c1-18(12-4-2-3-10(12)7-15)14(20)11-8-17-19-6-5-16-9-13(11)19/h5-6,8-10,12H,2-4,7,15H2,1H3. The van der Waals surface area contributed by atoms with Gasteiger partial charge in [0.2, 0.25) is 0 Å². The van der Waals surface area contributed by atoms with Crippen LogP contribution in [0.15, 0.2) is 24.8 Å². The second-order valence-electron chi connectivity index (χ2n) is 5.37. The summed E-state index contributed by atoms with van der Waals surface area (Å²) in [5.41, 5.74) is 7.15. The van der Waals surface area contributed by atoms with Gasteiger partial charge in [-0.3, -0.25) is 9.78 Å². The fourth-order valence-electron chi connectivity index (χ4n) is 3.14. The molecular weight excluding hydrogens is 254 g/mol. The maximum atomic E-state index is 12.7. The largest absolute Gasteiger partial charge is 0.338 e. The summed E-state index contributed by atoms with van der Waals surface area (Å²) in [4.78, 5) is 18.6. The van der Waals surface area contributed by atoms with Crippen LogP contribution < -0.4 is 5.73 Å². The van der Waals surface area contributed by atoms with Gasteiger partial charge in [-0.2, -0.15) is 5.10 Å². The molecule has 6 heteroatoms. The minimum absolute atomic E-state index is 0.00153. The zero-order valence-corrected chi connectivity index (χ0v) is 11.6. The van der Waals surface area contributed by atoms with E-state index in [1.165, 1.54) is 0 Å². The van der Waals surface area contributed by atoms with Crippen LogP contribution in [0.5, 0.6) is 0 Å². The third kappa shape index (κ3) is 2.06. The van der Waals surface area contributed by atoms with Gasteiger partial charge in [0, 0.05) is 25.5 Å². The van der Waals surface area contributed by atoms with E-state index in [4.69, 9.17) is 5.73 Å². The molecule has 0 bridgehead atoms. The minimum Gasteiger partial charge on any atom is -0.338 e. The van der Waals surface area contributed by atoms with Crippen molar-refractivity contribution in [1.82, 2.24) is 19.5 Å². The SMILES string of the molecule is CN(C(=O)c1cnn2ccncc12)C1CCCC1CN. The molecule has 1 fully saturated rings. The zero-order chi connectivity index (χ0) is 14.1. The van der Waals surface area contributed by atoms with Crippen LogP contribution in [0.25, 0.3) is 5.52 Å². The Balaban J connectivity index is 1.88. The van der Waals surface area contributed by atoms with Crippen molar-refractivity contribution in [3.63, 3.8) is 0 Å². The van der Waals surface area contributed by atoms with E-state index < -0.39 is 0 Å². The van der Waals surface area contributed by atoms with E-state index in [-0.39, 0.29) is 11.9 Å². The molecule has 1 saturated carbocycles. The Morgan fingerprint density at radius 2 is 2.35 bits per heavy atom. The van der Waals surface area contributed by atoms with Crippen molar-refractivity contribution in [2.24, 2.45) is 11.7 Å². The van der Waals surface area contributed by atoms with E-state index in [0.29, 0.717) is 18.0 Å². The number of fused-ring (bicyclic) bond motifs is 1. The van der Waals surface area contributed by atoms with Crippen LogP contribution >= 0.6 is 0 Å². The molecule has 2 heterocycles. The first-order chi connectivity index (χ1) is 9.72. The Hall–Kier alpha value is -1.95. The fourth-order valence-corrected chi connectivity index (χ4v) is 3.14. The van der Waals surface area contributed by atoms with E-state index >= 15 is 0 Å². The molecule has 3 rings (SSSR count). The first-order valence-electron chi connectivity index (χ1n) is 6.97. The Morgan fingerprint density at radius 3 is 3.15 bits per heavy atom. The van der Waals surface area contributed by atoms with Crippen LogP contribution in [0.3, 0.4) is 0 Å². The molecule has 0 aromatic carbocycles. The Bertz CT molecular complexity index is 623. The lowest BCUT2D eigenvalue weighted by Crippen LogP contribution is -2.41. The van der Waals surface area contributed by atoms with Crippen molar-refractivity contribution in [3.8, 4) is 0 Å². The Labute approximate surface area is 117 Å². The van der Waals surface area contributed by atoms with Crippen LogP contribution in [-0.4, -0.2) is 45.0 Å². The molecule has 2 unspecified atom stereocenters. The summed E-state index contributed by atoms with van der Waals surface area (Å²) < 4.78 is 1.67. The average Bonchev–Trinajstić information content (AvgIpc) is 3.12. The smallest absolute Gasteiger partial charge is 0.257 e. The van der Waals surface area contributed by atoms with Crippen molar-refractivity contribution in [3.05, 3.63) is 30.4 Å². The van der Waals surface area contributed by atoms with Gasteiger partial charge in [-0.05, 0) is 25.3 Å². The number of amides is 1. The first kappa shape index (κ1) is 13.1. The highest BCUT2D eigenvalue weighted by Gasteiger charge is 2.32. The zero-order valence-electron chi connectivity index (χ0n) is 11.6. The number of hydrogen-bond acceptors (Lipinski definition) is 4. The molecule has 0 radical (unpaired) electrons. The molecule has 20 heavy (non-hydrogen) atoms. The first-order valence-corrected chi connectivity index (χ1v) is 6.97. The van der Waals surface area contributed by atoms with Gasteiger partial charge in [0.15, 0.2) is 0 Å². The van der Waals surface area contributed by atoms with Gasteiger partial charge in [0.25, 0.3) is 5.91 Å². The number of aromatic nitrogens is 3. The number of hydrogen-bond donors (Lipinski definition) is 1. The van der Waals surface area contributed by atoms with Gasteiger partial charge >= 0.3 is 0 Å². The van der Waals surface area contributed by atoms with Crippen LogP contribution in [0.2, 0.25) is 0 Å². The molecule has 0 spiro atoms. The van der Waals surface area contributed by atoms with Gasteiger partial charge in [-0.15, -0.1) is 0 Å². The number of nitrogens with two attached hydrogens (primary N) is 1. The molecule has 2 aromatic heterocycles. The summed E-state index contributed by atoms with van der Waals surface area (Å²) in [6.45, 7) is 0.638. The molecule has 1 aliphatic carbocycles. The summed E-state index contributed by atoms with van der Waals surface area (Å²) in [6, 6.07) is 0.235. The van der Waals surface area contributed by atoms with E-state index in [9.17, 15) is 4.79 Å². The molecule has 2 atom stereocenters. The van der Waals surface area contributed by atoms with E-state index in [0.717, 1.165) is 24.8 Å². The quantitative estimate of drug-likeness (QED) is 0.902. The second-order valence-corrected chi connectivity index (χ2v) is 5.37. The molecule has 2 N–H and O–H groups in total. The average molecular weight is 273 g/mol. The van der Waals surface area contributed by atoms with E-state index in [1.54, 1.807) is 29.3 Å². The van der Waals surface area contributed by atoms with Crippen LogP contribution in [0.1, 0.15) is 29.6 Å². The molecule has 2 aromatic rings. The monoisotopic (exact) mass is 273 g/mol. The fraction of sp³-hybridized carbons (Fsp3) is 0.500. The molecule has 6 nitrogen and oxygen atoms in total. The maximum Gasteiger partial charge on any atom is 0.257 e. The van der Waals surface area contributed by atoms with Crippen molar-refractivity contribution in [2.45, 2.75) is 25.3 Å². The summed E-state index contributed by atoms with van der Waals surface area (Å²) in [5.74, 6) is 0.405. The maximum absolute atomic E-state index is 12.7. The predicted molar refractivity (Wildman–Crippen MR) is 75.3 cm³/mol.